The second kappa shape index (κ2) is 5.94. The summed E-state index contributed by atoms with van der Waals surface area (Å²) < 4.78 is 0. The Labute approximate surface area is 145 Å². The molecule has 0 radical (unpaired) electrons. The maximum atomic E-state index is 10.3. The van der Waals surface area contributed by atoms with Crippen molar-refractivity contribution in [3.8, 4) is 0 Å². The van der Waals surface area contributed by atoms with E-state index in [-0.39, 0.29) is 0 Å². The van der Waals surface area contributed by atoms with Crippen LogP contribution in [-0.2, 0) is 0 Å². The van der Waals surface area contributed by atoms with Gasteiger partial charge in [0.15, 0.2) is 0 Å². The summed E-state index contributed by atoms with van der Waals surface area (Å²) >= 11 is 21.9. The van der Waals surface area contributed by atoms with Gasteiger partial charge in [0.25, 0.3) is 0 Å². The molecular weight excluding hydrogens is 394 g/mol. The molecule has 5 heteroatoms. The van der Waals surface area contributed by atoms with E-state index in [2.05, 4.69) is 15.9 Å². The fraction of sp³-hybridized carbons (Fsp3) is 0.125. The van der Waals surface area contributed by atoms with Crippen molar-refractivity contribution in [1.29, 1.82) is 0 Å². The number of aliphatic hydroxyl groups excluding tert-OH is 1. The zero-order valence-electron chi connectivity index (χ0n) is 10.7. The minimum absolute atomic E-state index is 0.446. The van der Waals surface area contributed by atoms with E-state index in [1.165, 1.54) is 0 Å². The molecule has 0 heterocycles. The molecule has 0 amide bonds. The number of hydrogen-bond acceptors (Lipinski definition) is 1. The van der Waals surface area contributed by atoms with E-state index in [0.717, 1.165) is 27.1 Å². The summed E-state index contributed by atoms with van der Waals surface area (Å²) in [6.07, 6.45) is -0.621. The Kier molecular flexibility index (Phi) is 4.35. The predicted molar refractivity (Wildman–Crippen MR) is 95.2 cm³/mol. The van der Waals surface area contributed by atoms with Gasteiger partial charge in [0.05, 0.1) is 6.10 Å². The molecule has 0 aliphatic rings. The highest BCUT2D eigenvalue weighted by Gasteiger charge is 2.15. The average Bonchev–Trinajstić information content (AvgIpc) is 2.45. The maximum absolute atomic E-state index is 10.3. The molecule has 0 aromatic heterocycles. The van der Waals surface area contributed by atoms with Crippen LogP contribution in [0.5, 0.6) is 0 Å². The van der Waals surface area contributed by atoms with Crippen LogP contribution < -0.4 is 0 Å². The fourth-order valence-electron chi connectivity index (χ4n) is 2.54. The van der Waals surface area contributed by atoms with E-state index < -0.39 is 6.10 Å². The molecular formula is C16H10BrCl3O. The van der Waals surface area contributed by atoms with Crippen LogP contribution in [0, 0.1) is 0 Å². The van der Waals surface area contributed by atoms with Crippen LogP contribution in [-0.4, -0.2) is 10.4 Å². The molecule has 1 nitrogen and oxygen atoms in total. The van der Waals surface area contributed by atoms with Gasteiger partial charge < -0.3 is 5.11 Å². The van der Waals surface area contributed by atoms with Crippen molar-refractivity contribution in [1.82, 2.24) is 0 Å². The molecule has 0 aliphatic heterocycles. The Hall–Kier alpha value is -0.510. The standard InChI is InChI=1S/C16H10BrCl3O/c17-7-16(21)14-6-13-12(4-9(19)5-15(13)20)11-3-8(18)1-2-10(11)14/h1-6,16,21H,7H2/t16-/m1/s1. The second-order valence-corrected chi connectivity index (χ2v) is 6.74. The molecule has 0 spiro atoms. The van der Waals surface area contributed by atoms with Crippen molar-refractivity contribution in [3.05, 3.63) is 57.0 Å². The number of halogens is 4. The van der Waals surface area contributed by atoms with E-state index >= 15 is 0 Å². The van der Waals surface area contributed by atoms with E-state index in [4.69, 9.17) is 34.8 Å². The molecule has 0 saturated heterocycles. The number of alkyl halides is 1. The molecule has 3 rings (SSSR count). The first kappa shape index (κ1) is 15.4. The molecule has 3 aromatic carbocycles. The van der Waals surface area contributed by atoms with Crippen LogP contribution in [0.25, 0.3) is 21.5 Å². The highest BCUT2D eigenvalue weighted by molar-refractivity contribution is 9.09. The molecule has 0 fully saturated rings. The van der Waals surface area contributed by atoms with Crippen LogP contribution >= 0.6 is 50.7 Å². The molecule has 3 aromatic rings. The number of rotatable bonds is 2. The van der Waals surface area contributed by atoms with Crippen LogP contribution in [0.15, 0.2) is 36.4 Å². The monoisotopic (exact) mass is 402 g/mol. The first-order valence-electron chi connectivity index (χ1n) is 6.26. The molecule has 0 bridgehead atoms. The topological polar surface area (TPSA) is 20.2 Å². The van der Waals surface area contributed by atoms with Gasteiger partial charge in [-0.1, -0.05) is 56.8 Å². The molecule has 0 aliphatic carbocycles. The highest BCUT2D eigenvalue weighted by atomic mass is 79.9. The molecule has 0 saturated carbocycles. The quantitative estimate of drug-likeness (QED) is 0.388. The van der Waals surface area contributed by atoms with Crippen LogP contribution in [0.4, 0.5) is 0 Å². The number of aliphatic hydroxyl groups is 1. The number of fused-ring (bicyclic) bond motifs is 3. The van der Waals surface area contributed by atoms with Crippen molar-refractivity contribution < 1.29 is 5.11 Å². The zero-order valence-corrected chi connectivity index (χ0v) is 14.6. The van der Waals surface area contributed by atoms with Crippen LogP contribution in [0.3, 0.4) is 0 Å². The zero-order chi connectivity index (χ0) is 15.1. The minimum atomic E-state index is -0.621. The van der Waals surface area contributed by atoms with Crippen LogP contribution in [0.1, 0.15) is 11.7 Å². The Bertz CT molecular complexity index is 848. The molecule has 1 atom stereocenters. The third-order valence-electron chi connectivity index (χ3n) is 3.48. The van der Waals surface area contributed by atoms with Gasteiger partial charge >= 0.3 is 0 Å². The summed E-state index contributed by atoms with van der Waals surface area (Å²) in [5.41, 5.74) is 0.815. The van der Waals surface area contributed by atoms with E-state index in [0.29, 0.717) is 20.4 Å². The lowest BCUT2D eigenvalue weighted by Gasteiger charge is -2.15. The smallest absolute Gasteiger partial charge is 0.0893 e. The maximum Gasteiger partial charge on any atom is 0.0893 e. The van der Waals surface area contributed by atoms with Gasteiger partial charge in [-0.05, 0) is 52.1 Å². The second-order valence-electron chi connectivity index (χ2n) is 4.81. The lowest BCUT2D eigenvalue weighted by Crippen LogP contribution is -2.00. The van der Waals surface area contributed by atoms with Gasteiger partial charge in [-0.3, -0.25) is 0 Å². The number of hydrogen-bond donors (Lipinski definition) is 1. The van der Waals surface area contributed by atoms with E-state index in [1.807, 2.05) is 30.3 Å². The Morgan fingerprint density at radius 3 is 2.24 bits per heavy atom. The van der Waals surface area contributed by atoms with Crippen molar-refractivity contribution in [2.45, 2.75) is 6.10 Å². The van der Waals surface area contributed by atoms with Gasteiger partial charge in [-0.25, -0.2) is 0 Å². The SMILES string of the molecule is O[C@H](CBr)c1cc2c(Cl)cc(Cl)cc2c2cc(Cl)ccc12. The Morgan fingerprint density at radius 1 is 0.857 bits per heavy atom. The average molecular weight is 405 g/mol. The molecule has 1 N–H and O–H groups in total. The van der Waals surface area contributed by atoms with Gasteiger partial charge in [0.1, 0.15) is 0 Å². The summed E-state index contributed by atoms with van der Waals surface area (Å²) in [5, 5.41) is 16.1. The number of benzene rings is 3. The van der Waals surface area contributed by atoms with Gasteiger partial charge in [0.2, 0.25) is 0 Å². The van der Waals surface area contributed by atoms with Crippen molar-refractivity contribution in [2.75, 3.05) is 5.33 Å². The van der Waals surface area contributed by atoms with Crippen LogP contribution in [0.2, 0.25) is 15.1 Å². The van der Waals surface area contributed by atoms with Crippen molar-refractivity contribution >= 4 is 72.3 Å². The Balaban J connectivity index is 2.53. The lowest BCUT2D eigenvalue weighted by molar-refractivity contribution is 0.207. The summed E-state index contributed by atoms with van der Waals surface area (Å²) in [4.78, 5) is 0. The van der Waals surface area contributed by atoms with Gasteiger partial charge in [-0.2, -0.15) is 0 Å². The van der Waals surface area contributed by atoms with Crippen molar-refractivity contribution in [3.63, 3.8) is 0 Å². The summed E-state index contributed by atoms with van der Waals surface area (Å²) in [6.45, 7) is 0. The van der Waals surface area contributed by atoms with Gasteiger partial charge in [0, 0.05) is 25.8 Å². The predicted octanol–water partition coefficient (Wildman–Crippen LogP) is 6.38. The third kappa shape index (κ3) is 2.76. The molecule has 108 valence electrons. The first-order valence-corrected chi connectivity index (χ1v) is 8.51. The molecule has 0 unspecified atom stereocenters. The lowest BCUT2D eigenvalue weighted by atomic mass is 9.95. The minimum Gasteiger partial charge on any atom is -0.388 e. The Morgan fingerprint density at radius 2 is 1.52 bits per heavy atom. The summed E-state index contributed by atoms with van der Waals surface area (Å²) in [6, 6.07) is 11.1. The summed E-state index contributed by atoms with van der Waals surface area (Å²) in [5.74, 6) is 0. The van der Waals surface area contributed by atoms with Gasteiger partial charge in [-0.15, -0.1) is 0 Å². The largest absolute Gasteiger partial charge is 0.388 e. The highest BCUT2D eigenvalue weighted by Crippen LogP contribution is 2.38. The van der Waals surface area contributed by atoms with Crippen molar-refractivity contribution in [2.24, 2.45) is 0 Å². The normalized spacial score (nSPS) is 13.0. The molecule has 21 heavy (non-hydrogen) atoms. The summed E-state index contributed by atoms with van der Waals surface area (Å²) in [7, 11) is 0. The fourth-order valence-corrected chi connectivity index (χ4v) is 3.61. The van der Waals surface area contributed by atoms with E-state index in [9.17, 15) is 5.11 Å². The third-order valence-corrected chi connectivity index (χ3v) is 4.86. The van der Waals surface area contributed by atoms with E-state index in [1.54, 1.807) is 6.07 Å². The first-order chi connectivity index (χ1) is 10.0.